The third kappa shape index (κ3) is 8.21. The van der Waals surface area contributed by atoms with Gasteiger partial charge in [-0.05, 0) is 70.8 Å². The Morgan fingerprint density at radius 1 is 1.00 bits per heavy atom. The quantitative estimate of drug-likeness (QED) is 0.0536. The third-order valence-corrected chi connectivity index (χ3v) is 8.59. The summed E-state index contributed by atoms with van der Waals surface area (Å²) in [5, 5.41) is 16.8. The number of nitrogens with zero attached hydrogens (tertiary/aromatic N) is 7. The molecular formula is C34H39N9O4. The van der Waals surface area contributed by atoms with Crippen LogP contribution in [0.4, 0.5) is 5.69 Å². The van der Waals surface area contributed by atoms with Crippen LogP contribution < -0.4 is 15.6 Å². The van der Waals surface area contributed by atoms with Crippen molar-refractivity contribution in [2.45, 2.75) is 63.1 Å². The van der Waals surface area contributed by atoms with E-state index in [9.17, 15) is 10.3 Å². The lowest BCUT2D eigenvalue weighted by molar-refractivity contribution is -0.130. The molecule has 2 atom stereocenters. The van der Waals surface area contributed by atoms with Crippen molar-refractivity contribution < 1.29 is 19.4 Å². The number of benzene rings is 3. The van der Waals surface area contributed by atoms with Crippen molar-refractivity contribution in [2.24, 2.45) is 21.1 Å². The minimum atomic E-state index is -1.56. The lowest BCUT2D eigenvalue weighted by atomic mass is 9.80. The number of aliphatic hydroxyl groups is 1. The molecule has 1 aliphatic heterocycles. The molecule has 47 heavy (non-hydrogen) atoms. The lowest BCUT2D eigenvalue weighted by Crippen LogP contribution is -2.54. The van der Waals surface area contributed by atoms with Crippen LogP contribution in [0.15, 0.2) is 88.0 Å². The molecule has 1 amide bonds. The van der Waals surface area contributed by atoms with Crippen LogP contribution in [0.1, 0.15) is 66.9 Å². The first kappa shape index (κ1) is 33.3. The molecule has 3 aromatic rings. The average molecular weight is 638 g/mol. The zero-order valence-corrected chi connectivity index (χ0v) is 26.2. The first-order valence-corrected chi connectivity index (χ1v) is 15.9. The number of carbonyl (C=O) groups is 1. The third-order valence-electron chi connectivity index (χ3n) is 8.59. The second kappa shape index (κ2) is 16.5. The van der Waals surface area contributed by atoms with Gasteiger partial charge in [0, 0.05) is 47.1 Å². The van der Waals surface area contributed by atoms with Crippen LogP contribution in [-0.4, -0.2) is 42.2 Å². The Morgan fingerprint density at radius 3 is 2.49 bits per heavy atom. The molecule has 5 rings (SSSR count). The molecule has 244 valence electrons. The monoisotopic (exact) mass is 637 g/mol. The molecule has 2 aliphatic rings. The summed E-state index contributed by atoms with van der Waals surface area (Å²) in [5.74, 6) is 0.921. The van der Waals surface area contributed by atoms with Gasteiger partial charge in [-0.1, -0.05) is 78.0 Å². The van der Waals surface area contributed by atoms with Gasteiger partial charge in [0.15, 0.2) is 11.6 Å². The molecule has 1 fully saturated rings. The van der Waals surface area contributed by atoms with Crippen LogP contribution in [-0.2, 0) is 22.5 Å². The molecule has 1 saturated carbocycles. The van der Waals surface area contributed by atoms with E-state index >= 15 is 0 Å². The van der Waals surface area contributed by atoms with Gasteiger partial charge in [-0.2, -0.15) is 0 Å². The van der Waals surface area contributed by atoms with Gasteiger partial charge in [0.2, 0.25) is 5.90 Å². The van der Waals surface area contributed by atoms with E-state index in [2.05, 4.69) is 30.9 Å². The molecule has 3 N–H and O–H groups in total. The Kier molecular flexibility index (Phi) is 11.7. The largest absolute Gasteiger partial charge is 0.494 e. The highest BCUT2D eigenvalue weighted by atomic mass is 16.5. The molecule has 0 unspecified atom stereocenters. The molecular weight excluding hydrogens is 598 g/mol. The Bertz CT molecular complexity index is 1650. The van der Waals surface area contributed by atoms with Crippen LogP contribution in [0.5, 0.6) is 5.75 Å². The van der Waals surface area contributed by atoms with E-state index in [1.807, 2.05) is 36.4 Å². The zero-order chi connectivity index (χ0) is 32.9. The average Bonchev–Trinajstić information content (AvgIpc) is 3.49. The van der Waals surface area contributed by atoms with Crippen LogP contribution in [0, 0.1) is 5.92 Å². The van der Waals surface area contributed by atoms with Crippen molar-refractivity contribution >= 4 is 17.5 Å². The number of aliphatic hydroxyl groups excluding tert-OH is 1. The van der Waals surface area contributed by atoms with E-state index in [4.69, 9.17) is 25.1 Å². The standard InChI is InChI=1S/C34H39N9O4/c35-42-38-23-27-12-4-6-13-29(27)31-34(21-26-11-5-7-14-30(26)40-43-36,33(45)41-37-22-24-9-2-1-3-10-24)39-32(47-31)25-15-17-28(18-16-25)46-20-8-19-44/h4-7,11-18,24,31,37,44H,1-3,8-10,19-23H2,(H,41,45)/t31-,34-/m0/s1. The van der Waals surface area contributed by atoms with Gasteiger partial charge < -0.3 is 14.6 Å². The molecule has 13 heteroatoms. The molecule has 13 nitrogen and oxygen atoms in total. The molecule has 0 aromatic heterocycles. The normalized spacial score (nSPS) is 19.1. The van der Waals surface area contributed by atoms with E-state index in [1.54, 1.807) is 36.4 Å². The van der Waals surface area contributed by atoms with Gasteiger partial charge in [-0.15, -0.1) is 0 Å². The van der Waals surface area contributed by atoms with Crippen molar-refractivity contribution in [1.82, 2.24) is 10.9 Å². The van der Waals surface area contributed by atoms with Crippen molar-refractivity contribution in [3.8, 4) is 5.75 Å². The molecule has 1 aliphatic carbocycles. The predicted octanol–water partition coefficient (Wildman–Crippen LogP) is 6.90. The summed E-state index contributed by atoms with van der Waals surface area (Å²) in [6.07, 6.45) is 5.43. The topological polar surface area (TPSA) is 190 Å². The zero-order valence-electron chi connectivity index (χ0n) is 26.2. The summed E-state index contributed by atoms with van der Waals surface area (Å²) in [4.78, 5) is 25.6. The van der Waals surface area contributed by atoms with Crippen LogP contribution in [0.2, 0.25) is 0 Å². The van der Waals surface area contributed by atoms with Gasteiger partial charge in [0.25, 0.3) is 5.91 Å². The molecule has 3 aromatic carbocycles. The number of azide groups is 2. The number of aliphatic imine (C=N–C) groups is 1. The molecule has 0 spiro atoms. The van der Waals surface area contributed by atoms with Crippen LogP contribution in [0.3, 0.4) is 0 Å². The van der Waals surface area contributed by atoms with Crippen molar-refractivity contribution in [3.63, 3.8) is 0 Å². The number of amides is 1. The Morgan fingerprint density at radius 2 is 1.74 bits per heavy atom. The van der Waals surface area contributed by atoms with E-state index < -0.39 is 17.6 Å². The molecule has 0 saturated heterocycles. The van der Waals surface area contributed by atoms with Crippen molar-refractivity contribution in [3.05, 3.63) is 116 Å². The number of carbonyl (C=O) groups excluding carboxylic acids is 1. The Labute approximate surface area is 273 Å². The Hall–Kier alpha value is -5.06. The van der Waals surface area contributed by atoms with E-state index in [0.29, 0.717) is 59.2 Å². The first-order valence-electron chi connectivity index (χ1n) is 15.9. The number of hydrogen-bond donors (Lipinski definition) is 3. The van der Waals surface area contributed by atoms with Crippen molar-refractivity contribution in [1.29, 1.82) is 0 Å². The fourth-order valence-corrected chi connectivity index (χ4v) is 6.17. The minimum absolute atomic E-state index is 0.0355. The number of hydrazine groups is 1. The highest BCUT2D eigenvalue weighted by Gasteiger charge is 2.54. The van der Waals surface area contributed by atoms with Crippen molar-refractivity contribution in [2.75, 3.05) is 19.8 Å². The lowest BCUT2D eigenvalue weighted by Gasteiger charge is -2.32. The fraction of sp³-hybridized carbons (Fsp3) is 0.412. The summed E-state index contributed by atoms with van der Waals surface area (Å²) in [5.41, 5.74) is 26.0. The van der Waals surface area contributed by atoms with Gasteiger partial charge >= 0.3 is 0 Å². The fourth-order valence-electron chi connectivity index (χ4n) is 6.17. The number of hydrogen-bond acceptors (Lipinski definition) is 8. The second-order valence-electron chi connectivity index (χ2n) is 11.7. The van der Waals surface area contributed by atoms with E-state index in [-0.39, 0.29) is 25.5 Å². The van der Waals surface area contributed by atoms with Crippen LogP contribution >= 0.6 is 0 Å². The van der Waals surface area contributed by atoms with Gasteiger partial charge in [0.1, 0.15) is 5.75 Å². The van der Waals surface area contributed by atoms with E-state index in [1.165, 1.54) is 19.3 Å². The Balaban J connectivity index is 1.58. The van der Waals surface area contributed by atoms with Gasteiger partial charge in [-0.3, -0.25) is 10.2 Å². The SMILES string of the molecule is [N-]=[N+]=NCc1ccccc1[C@@H]1OC(c2ccc(OCCCO)cc2)=N[C@]1(Cc1ccccc1N=[N+]=[N-])C(=O)NNCC1CCCCC1. The van der Waals surface area contributed by atoms with Crippen LogP contribution in [0.25, 0.3) is 20.9 Å². The maximum atomic E-state index is 14.6. The maximum Gasteiger partial charge on any atom is 0.266 e. The number of rotatable bonds is 15. The number of nitrogens with one attached hydrogen (secondary N) is 2. The molecule has 1 heterocycles. The predicted molar refractivity (Wildman–Crippen MR) is 178 cm³/mol. The highest BCUT2D eigenvalue weighted by Crippen LogP contribution is 2.44. The van der Waals surface area contributed by atoms with E-state index in [0.717, 1.165) is 12.8 Å². The summed E-state index contributed by atoms with van der Waals surface area (Å²) in [6.45, 7) is 1.09. The second-order valence-corrected chi connectivity index (χ2v) is 11.7. The summed E-state index contributed by atoms with van der Waals surface area (Å²) in [7, 11) is 0. The smallest absolute Gasteiger partial charge is 0.266 e. The minimum Gasteiger partial charge on any atom is -0.494 e. The summed E-state index contributed by atoms with van der Waals surface area (Å²) in [6, 6.07) is 21.6. The summed E-state index contributed by atoms with van der Waals surface area (Å²) < 4.78 is 12.4. The molecule has 0 radical (unpaired) electrons. The van der Waals surface area contributed by atoms with Gasteiger partial charge in [-0.25, -0.2) is 10.4 Å². The van der Waals surface area contributed by atoms with Gasteiger partial charge in [0.05, 0.1) is 13.2 Å². The first-order chi connectivity index (χ1) is 23.1. The molecule has 0 bridgehead atoms. The summed E-state index contributed by atoms with van der Waals surface area (Å²) >= 11 is 0. The maximum absolute atomic E-state index is 14.6. The highest BCUT2D eigenvalue weighted by molar-refractivity contribution is 6.01. The number of ether oxygens (including phenoxy) is 2.